The van der Waals surface area contributed by atoms with Crippen molar-refractivity contribution >= 4 is 17.7 Å². The summed E-state index contributed by atoms with van der Waals surface area (Å²) in [7, 11) is 0. The highest BCUT2D eigenvalue weighted by molar-refractivity contribution is 8.03. The number of para-hydroxylation sites is 1. The van der Waals surface area contributed by atoms with Crippen LogP contribution in [0.2, 0.25) is 0 Å². The highest BCUT2D eigenvalue weighted by atomic mass is 32.2. The summed E-state index contributed by atoms with van der Waals surface area (Å²) in [4.78, 5) is 13.4. The van der Waals surface area contributed by atoms with Gasteiger partial charge in [0.15, 0.2) is 0 Å². The predicted molar refractivity (Wildman–Crippen MR) is 88.5 cm³/mol. The van der Waals surface area contributed by atoms with Gasteiger partial charge < -0.3 is 10.1 Å². The van der Waals surface area contributed by atoms with Crippen LogP contribution >= 0.6 is 11.8 Å². The van der Waals surface area contributed by atoms with Gasteiger partial charge in [-0.1, -0.05) is 37.6 Å². The number of nitrogens with one attached hydrogen (secondary N) is 1. The summed E-state index contributed by atoms with van der Waals surface area (Å²) in [6, 6.07) is 7.95. The first-order chi connectivity index (χ1) is 10.0. The molecule has 0 aliphatic carbocycles. The van der Waals surface area contributed by atoms with Crippen molar-refractivity contribution in [1.29, 1.82) is 0 Å². The van der Waals surface area contributed by atoms with Crippen LogP contribution in [0.3, 0.4) is 0 Å². The second-order valence-electron chi connectivity index (χ2n) is 5.57. The van der Waals surface area contributed by atoms with Gasteiger partial charge in [-0.15, -0.1) is 11.8 Å². The number of benzene rings is 1. The van der Waals surface area contributed by atoms with Crippen molar-refractivity contribution in [2.75, 3.05) is 12.9 Å². The Balaban J connectivity index is 2.19. The molecule has 0 fully saturated rings. The van der Waals surface area contributed by atoms with Gasteiger partial charge in [-0.2, -0.15) is 0 Å². The predicted octanol–water partition coefficient (Wildman–Crippen LogP) is 3.92. The van der Waals surface area contributed by atoms with Crippen LogP contribution in [-0.2, 0) is 4.79 Å². The molecule has 1 N–H and O–H groups in total. The Bertz CT molecular complexity index is 551. The lowest BCUT2D eigenvalue weighted by molar-refractivity contribution is -0.117. The molecule has 1 aliphatic rings. The first-order valence-electron chi connectivity index (χ1n) is 7.32. The zero-order valence-electron chi connectivity index (χ0n) is 13.1. The van der Waals surface area contributed by atoms with E-state index in [4.69, 9.17) is 4.74 Å². The van der Waals surface area contributed by atoms with E-state index in [1.807, 2.05) is 37.4 Å². The van der Waals surface area contributed by atoms with Crippen molar-refractivity contribution in [3.05, 3.63) is 40.3 Å². The first kappa shape index (κ1) is 16.0. The average molecular weight is 305 g/mol. The normalized spacial score (nSPS) is 18.6. The molecule has 1 amide bonds. The lowest BCUT2D eigenvalue weighted by atomic mass is 10.00. The summed E-state index contributed by atoms with van der Waals surface area (Å²) in [5.41, 5.74) is 2.21. The molecular weight excluding hydrogens is 282 g/mol. The van der Waals surface area contributed by atoms with Crippen molar-refractivity contribution in [3.8, 4) is 5.75 Å². The number of carbonyl (C=O) groups is 1. The maximum atomic E-state index is 12.6. The largest absolute Gasteiger partial charge is 0.493 e. The minimum absolute atomic E-state index is 0.0235. The van der Waals surface area contributed by atoms with E-state index in [1.165, 1.54) is 11.8 Å². The SMILES string of the molecule is CS/C(C(=O)N[C@H]1CCOc2ccccc21)=C(\C)C(C)C. The van der Waals surface area contributed by atoms with Crippen molar-refractivity contribution < 1.29 is 9.53 Å². The van der Waals surface area contributed by atoms with Gasteiger partial charge in [-0.05, 0) is 25.2 Å². The quantitative estimate of drug-likeness (QED) is 0.857. The fraction of sp³-hybridized carbons (Fsp3) is 0.471. The fourth-order valence-electron chi connectivity index (χ4n) is 2.41. The molecule has 2 rings (SSSR count). The van der Waals surface area contributed by atoms with Crippen molar-refractivity contribution in [1.82, 2.24) is 5.32 Å². The van der Waals surface area contributed by atoms with Gasteiger partial charge in [0.2, 0.25) is 0 Å². The molecule has 0 saturated carbocycles. The summed E-state index contributed by atoms with van der Waals surface area (Å²) in [6.45, 7) is 6.91. The van der Waals surface area contributed by atoms with Crippen LogP contribution in [0, 0.1) is 5.92 Å². The average Bonchev–Trinajstić information content (AvgIpc) is 2.48. The van der Waals surface area contributed by atoms with Crippen LogP contribution in [0.1, 0.15) is 38.8 Å². The van der Waals surface area contributed by atoms with E-state index in [-0.39, 0.29) is 11.9 Å². The van der Waals surface area contributed by atoms with Crippen molar-refractivity contribution in [2.24, 2.45) is 5.92 Å². The molecule has 114 valence electrons. The number of fused-ring (bicyclic) bond motifs is 1. The number of ether oxygens (including phenoxy) is 1. The fourth-order valence-corrected chi connectivity index (χ4v) is 3.21. The van der Waals surface area contributed by atoms with E-state index in [1.54, 1.807) is 0 Å². The topological polar surface area (TPSA) is 38.3 Å². The van der Waals surface area contributed by atoms with Gasteiger partial charge in [0.25, 0.3) is 5.91 Å². The van der Waals surface area contributed by atoms with E-state index in [9.17, 15) is 4.79 Å². The molecule has 0 unspecified atom stereocenters. The second-order valence-corrected chi connectivity index (χ2v) is 6.39. The van der Waals surface area contributed by atoms with Gasteiger partial charge >= 0.3 is 0 Å². The number of allylic oxidation sites excluding steroid dienone is 1. The molecule has 1 atom stereocenters. The Hall–Kier alpha value is -1.42. The molecule has 1 heterocycles. The van der Waals surface area contributed by atoms with E-state index in [2.05, 4.69) is 19.2 Å². The van der Waals surface area contributed by atoms with E-state index in [0.29, 0.717) is 12.5 Å². The maximum absolute atomic E-state index is 12.6. The maximum Gasteiger partial charge on any atom is 0.258 e. The summed E-state index contributed by atoms with van der Waals surface area (Å²) in [5, 5.41) is 3.16. The molecule has 4 heteroatoms. The summed E-state index contributed by atoms with van der Waals surface area (Å²) >= 11 is 1.52. The monoisotopic (exact) mass is 305 g/mol. The minimum Gasteiger partial charge on any atom is -0.493 e. The molecule has 3 nitrogen and oxygen atoms in total. The number of carbonyl (C=O) groups excluding carboxylic acids is 1. The number of thioether (sulfide) groups is 1. The minimum atomic E-state index is 0.0235. The van der Waals surface area contributed by atoms with Crippen LogP contribution < -0.4 is 10.1 Å². The Morgan fingerprint density at radius 1 is 1.38 bits per heavy atom. The summed E-state index contributed by atoms with van der Waals surface area (Å²) in [6.07, 6.45) is 2.77. The molecule has 21 heavy (non-hydrogen) atoms. The molecule has 1 aromatic carbocycles. The highest BCUT2D eigenvalue weighted by Gasteiger charge is 2.24. The van der Waals surface area contributed by atoms with Gasteiger partial charge in [-0.25, -0.2) is 0 Å². The molecule has 0 saturated heterocycles. The standard InChI is InChI=1S/C17H23NO2S/c1-11(2)12(3)16(21-4)17(19)18-14-9-10-20-15-8-6-5-7-13(14)15/h5-8,11,14H,9-10H2,1-4H3,(H,18,19)/b16-12+/t14-/m0/s1. The van der Waals surface area contributed by atoms with E-state index < -0.39 is 0 Å². The third-order valence-electron chi connectivity index (χ3n) is 3.90. The third-order valence-corrected chi connectivity index (χ3v) is 4.81. The second kappa shape index (κ2) is 7.03. The van der Waals surface area contributed by atoms with Gasteiger partial charge in [0, 0.05) is 12.0 Å². The lowest BCUT2D eigenvalue weighted by Crippen LogP contribution is -2.33. The zero-order chi connectivity index (χ0) is 15.4. The Kier molecular flexibility index (Phi) is 5.34. The van der Waals surface area contributed by atoms with Crippen LogP contribution in [0.4, 0.5) is 0 Å². The lowest BCUT2D eigenvalue weighted by Gasteiger charge is -2.27. The van der Waals surface area contributed by atoms with E-state index in [0.717, 1.165) is 28.2 Å². The van der Waals surface area contributed by atoms with Crippen LogP contribution in [0.5, 0.6) is 5.75 Å². The molecule has 0 spiro atoms. The van der Waals surface area contributed by atoms with Crippen LogP contribution in [0.25, 0.3) is 0 Å². The van der Waals surface area contributed by atoms with Gasteiger partial charge in [0.05, 0.1) is 17.6 Å². The smallest absolute Gasteiger partial charge is 0.258 e. The third kappa shape index (κ3) is 3.62. The van der Waals surface area contributed by atoms with Gasteiger partial charge in [-0.3, -0.25) is 4.79 Å². The molecule has 1 aromatic rings. The summed E-state index contributed by atoms with van der Waals surface area (Å²) in [5.74, 6) is 1.28. The van der Waals surface area contributed by atoms with Crippen LogP contribution in [-0.4, -0.2) is 18.8 Å². The summed E-state index contributed by atoms with van der Waals surface area (Å²) < 4.78 is 5.64. The molecule has 0 aromatic heterocycles. The number of amides is 1. The Morgan fingerprint density at radius 2 is 2.10 bits per heavy atom. The number of hydrogen-bond acceptors (Lipinski definition) is 3. The Morgan fingerprint density at radius 3 is 2.76 bits per heavy atom. The molecule has 0 radical (unpaired) electrons. The first-order valence-corrected chi connectivity index (χ1v) is 8.54. The molecular formula is C17H23NO2S. The van der Waals surface area contributed by atoms with Crippen LogP contribution in [0.15, 0.2) is 34.7 Å². The van der Waals surface area contributed by atoms with Gasteiger partial charge in [0.1, 0.15) is 5.75 Å². The highest BCUT2D eigenvalue weighted by Crippen LogP contribution is 2.32. The molecule has 1 aliphatic heterocycles. The van der Waals surface area contributed by atoms with Crippen molar-refractivity contribution in [3.63, 3.8) is 0 Å². The zero-order valence-corrected chi connectivity index (χ0v) is 13.9. The molecule has 0 bridgehead atoms. The Labute approximate surface area is 131 Å². The van der Waals surface area contributed by atoms with E-state index >= 15 is 0 Å². The van der Waals surface area contributed by atoms with Crippen molar-refractivity contribution in [2.45, 2.75) is 33.2 Å². The number of hydrogen-bond donors (Lipinski definition) is 1. The number of rotatable bonds is 4.